The lowest BCUT2D eigenvalue weighted by molar-refractivity contribution is 0.155. The molecule has 2 saturated carbocycles. The second-order valence-electron chi connectivity index (χ2n) is 8.44. The molecule has 0 aromatic heterocycles. The molecule has 3 rings (SSSR count). The highest BCUT2D eigenvalue weighted by molar-refractivity contribution is 5.20. The van der Waals surface area contributed by atoms with E-state index in [1.54, 1.807) is 12.1 Å². The maximum absolute atomic E-state index is 13.1. The van der Waals surface area contributed by atoms with Gasteiger partial charge in [-0.05, 0) is 79.9 Å². The van der Waals surface area contributed by atoms with Crippen molar-refractivity contribution >= 4 is 0 Å². The Labute approximate surface area is 148 Å². The molecule has 1 aromatic rings. The van der Waals surface area contributed by atoms with Crippen LogP contribution in [-0.4, -0.2) is 0 Å². The largest absolute Gasteiger partial charge is 0.207 e. The fourth-order valence-electron chi connectivity index (χ4n) is 5.29. The molecule has 0 N–H and O–H groups in total. The van der Waals surface area contributed by atoms with Crippen LogP contribution in [-0.2, 0) is 0 Å². The molecule has 2 aliphatic rings. The van der Waals surface area contributed by atoms with Crippen molar-refractivity contribution in [2.24, 2.45) is 17.8 Å². The van der Waals surface area contributed by atoms with E-state index in [0.717, 1.165) is 17.8 Å². The van der Waals surface area contributed by atoms with Gasteiger partial charge >= 0.3 is 0 Å². The summed E-state index contributed by atoms with van der Waals surface area (Å²) in [6.07, 6.45) is 17.1. The van der Waals surface area contributed by atoms with Crippen molar-refractivity contribution < 1.29 is 4.39 Å². The van der Waals surface area contributed by atoms with E-state index < -0.39 is 0 Å². The SMILES string of the molecule is CCCCC[C@H]1CC[C@H]([C@H]2CC[C@H](c3ccc(F)cc3)CC2)CC1. The molecule has 0 amide bonds. The summed E-state index contributed by atoms with van der Waals surface area (Å²) in [5, 5.41) is 0. The average Bonchev–Trinajstić information content (AvgIpc) is 2.63. The minimum atomic E-state index is -0.108. The molecule has 0 radical (unpaired) electrons. The van der Waals surface area contributed by atoms with Crippen molar-refractivity contribution in [3.05, 3.63) is 35.6 Å². The van der Waals surface area contributed by atoms with Crippen molar-refractivity contribution in [1.82, 2.24) is 0 Å². The van der Waals surface area contributed by atoms with E-state index in [1.165, 1.54) is 82.6 Å². The van der Waals surface area contributed by atoms with Crippen LogP contribution in [0.4, 0.5) is 4.39 Å². The first-order chi connectivity index (χ1) is 11.8. The summed E-state index contributed by atoms with van der Waals surface area (Å²) in [7, 11) is 0. The van der Waals surface area contributed by atoms with Crippen LogP contribution in [0.3, 0.4) is 0 Å². The van der Waals surface area contributed by atoms with Gasteiger partial charge in [-0.1, -0.05) is 57.6 Å². The van der Waals surface area contributed by atoms with Gasteiger partial charge in [0.15, 0.2) is 0 Å². The number of hydrogen-bond donors (Lipinski definition) is 0. The normalized spacial score (nSPS) is 31.1. The molecule has 0 nitrogen and oxygen atoms in total. The third-order valence-corrected chi connectivity index (χ3v) is 6.89. The minimum absolute atomic E-state index is 0.108. The topological polar surface area (TPSA) is 0 Å². The highest BCUT2D eigenvalue weighted by atomic mass is 19.1. The van der Waals surface area contributed by atoms with Crippen molar-refractivity contribution in [2.75, 3.05) is 0 Å². The van der Waals surface area contributed by atoms with Gasteiger partial charge in [0, 0.05) is 0 Å². The third kappa shape index (κ3) is 4.83. The van der Waals surface area contributed by atoms with Crippen LogP contribution in [0.25, 0.3) is 0 Å². The van der Waals surface area contributed by atoms with Crippen molar-refractivity contribution in [3.63, 3.8) is 0 Å². The average molecular weight is 331 g/mol. The molecular formula is C23H35F. The zero-order chi connectivity index (χ0) is 16.8. The summed E-state index contributed by atoms with van der Waals surface area (Å²) >= 11 is 0. The Morgan fingerprint density at radius 2 is 1.38 bits per heavy atom. The van der Waals surface area contributed by atoms with E-state index in [-0.39, 0.29) is 5.82 Å². The third-order valence-electron chi connectivity index (χ3n) is 6.89. The fourth-order valence-corrected chi connectivity index (χ4v) is 5.29. The van der Waals surface area contributed by atoms with Crippen LogP contribution in [0.5, 0.6) is 0 Å². The smallest absolute Gasteiger partial charge is 0.123 e. The van der Waals surface area contributed by atoms with E-state index in [9.17, 15) is 4.39 Å². The van der Waals surface area contributed by atoms with Crippen LogP contribution in [0, 0.1) is 23.6 Å². The first-order valence-corrected chi connectivity index (χ1v) is 10.5. The highest BCUT2D eigenvalue weighted by Gasteiger charge is 2.31. The predicted molar refractivity (Wildman–Crippen MR) is 101 cm³/mol. The molecule has 0 atom stereocenters. The van der Waals surface area contributed by atoms with Gasteiger partial charge in [-0.25, -0.2) is 4.39 Å². The molecule has 0 bridgehead atoms. The Balaban J connectivity index is 1.40. The molecule has 24 heavy (non-hydrogen) atoms. The van der Waals surface area contributed by atoms with E-state index in [2.05, 4.69) is 6.92 Å². The monoisotopic (exact) mass is 330 g/mol. The first-order valence-electron chi connectivity index (χ1n) is 10.5. The first kappa shape index (κ1) is 18.0. The Kier molecular flexibility index (Phi) is 6.75. The summed E-state index contributed by atoms with van der Waals surface area (Å²) < 4.78 is 13.1. The van der Waals surface area contributed by atoms with Gasteiger partial charge in [0.1, 0.15) is 5.82 Å². The minimum Gasteiger partial charge on any atom is -0.207 e. The van der Waals surface area contributed by atoms with Crippen molar-refractivity contribution in [1.29, 1.82) is 0 Å². The van der Waals surface area contributed by atoms with E-state index >= 15 is 0 Å². The predicted octanol–water partition coefficient (Wildman–Crippen LogP) is 7.49. The summed E-state index contributed by atoms with van der Waals surface area (Å²) in [6.45, 7) is 2.30. The van der Waals surface area contributed by atoms with Gasteiger partial charge in [-0.3, -0.25) is 0 Å². The Bertz CT molecular complexity index is 461. The second kappa shape index (κ2) is 9.02. The Morgan fingerprint density at radius 1 is 0.792 bits per heavy atom. The summed E-state index contributed by atoms with van der Waals surface area (Å²) in [5.41, 5.74) is 1.36. The molecule has 2 aliphatic carbocycles. The Hall–Kier alpha value is -0.850. The van der Waals surface area contributed by atoms with Gasteiger partial charge in [0.05, 0.1) is 0 Å². The van der Waals surface area contributed by atoms with Crippen molar-refractivity contribution in [2.45, 2.75) is 89.9 Å². The lowest BCUT2D eigenvalue weighted by Crippen LogP contribution is -2.25. The van der Waals surface area contributed by atoms with Crippen LogP contribution in [0.15, 0.2) is 24.3 Å². The zero-order valence-corrected chi connectivity index (χ0v) is 15.5. The number of benzene rings is 1. The number of unbranched alkanes of at least 4 members (excludes halogenated alkanes) is 2. The van der Waals surface area contributed by atoms with Gasteiger partial charge in [0.25, 0.3) is 0 Å². The number of halogens is 1. The Morgan fingerprint density at radius 3 is 1.96 bits per heavy atom. The molecular weight excluding hydrogens is 295 g/mol. The summed E-state index contributed by atoms with van der Waals surface area (Å²) in [6, 6.07) is 7.26. The molecule has 0 aliphatic heterocycles. The number of hydrogen-bond acceptors (Lipinski definition) is 0. The molecule has 0 saturated heterocycles. The highest BCUT2D eigenvalue weighted by Crippen LogP contribution is 2.44. The lowest BCUT2D eigenvalue weighted by Gasteiger charge is -2.38. The van der Waals surface area contributed by atoms with E-state index in [0.29, 0.717) is 5.92 Å². The van der Waals surface area contributed by atoms with Crippen LogP contribution >= 0.6 is 0 Å². The molecule has 2 fully saturated rings. The lowest BCUT2D eigenvalue weighted by atomic mass is 9.68. The zero-order valence-electron chi connectivity index (χ0n) is 15.5. The molecule has 1 heteroatoms. The van der Waals surface area contributed by atoms with Gasteiger partial charge in [0.2, 0.25) is 0 Å². The second-order valence-corrected chi connectivity index (χ2v) is 8.44. The maximum atomic E-state index is 13.1. The molecule has 0 unspecified atom stereocenters. The van der Waals surface area contributed by atoms with Crippen LogP contribution < -0.4 is 0 Å². The fraction of sp³-hybridized carbons (Fsp3) is 0.739. The summed E-state index contributed by atoms with van der Waals surface area (Å²) in [5.74, 6) is 3.57. The molecule has 1 aromatic carbocycles. The van der Waals surface area contributed by atoms with Gasteiger partial charge in [-0.2, -0.15) is 0 Å². The van der Waals surface area contributed by atoms with E-state index in [1.807, 2.05) is 12.1 Å². The van der Waals surface area contributed by atoms with E-state index in [4.69, 9.17) is 0 Å². The quantitative estimate of drug-likeness (QED) is 0.474. The van der Waals surface area contributed by atoms with Gasteiger partial charge < -0.3 is 0 Å². The summed E-state index contributed by atoms with van der Waals surface area (Å²) in [4.78, 5) is 0. The molecule has 0 spiro atoms. The standard InChI is InChI=1S/C23H35F/c1-2-3-4-5-18-6-8-19(9-7-18)20-10-12-21(13-11-20)22-14-16-23(24)17-15-22/h14-21H,2-13H2,1H3/t18-,19-,20-,21-. The van der Waals surface area contributed by atoms with Crippen LogP contribution in [0.1, 0.15) is 95.5 Å². The molecule has 134 valence electrons. The maximum Gasteiger partial charge on any atom is 0.123 e. The molecule has 0 heterocycles. The van der Waals surface area contributed by atoms with Gasteiger partial charge in [-0.15, -0.1) is 0 Å². The van der Waals surface area contributed by atoms with Crippen LogP contribution in [0.2, 0.25) is 0 Å². The number of rotatable bonds is 6. The van der Waals surface area contributed by atoms with Crippen molar-refractivity contribution in [3.8, 4) is 0 Å².